The standard InChI is InChI=1S/C8H13N3/c1-3-7(9)8-4-5-10-6(2)11-8/h4-5,7H,3,9H2,1-2H3. The average molecular weight is 151 g/mol. The molecule has 0 bridgehead atoms. The molecule has 3 nitrogen and oxygen atoms in total. The molecule has 0 aliphatic heterocycles. The molecule has 0 radical (unpaired) electrons. The van der Waals surface area contributed by atoms with Crippen LogP contribution in [0.2, 0.25) is 0 Å². The quantitative estimate of drug-likeness (QED) is 0.690. The number of aryl methyl sites for hydroxylation is 1. The minimum Gasteiger partial charge on any atom is -0.323 e. The summed E-state index contributed by atoms with van der Waals surface area (Å²) in [6.45, 7) is 3.91. The van der Waals surface area contributed by atoms with Gasteiger partial charge in [0.1, 0.15) is 5.82 Å². The number of nitrogens with two attached hydrogens (primary N) is 1. The maximum atomic E-state index is 5.77. The third-order valence-electron chi connectivity index (χ3n) is 1.62. The summed E-state index contributed by atoms with van der Waals surface area (Å²) < 4.78 is 0. The lowest BCUT2D eigenvalue weighted by molar-refractivity contribution is 0.668. The van der Waals surface area contributed by atoms with E-state index in [1.165, 1.54) is 0 Å². The smallest absolute Gasteiger partial charge is 0.125 e. The molecule has 0 saturated heterocycles. The lowest BCUT2D eigenvalue weighted by Gasteiger charge is -2.06. The highest BCUT2D eigenvalue weighted by Gasteiger charge is 2.03. The molecule has 0 aliphatic rings. The fourth-order valence-corrected chi connectivity index (χ4v) is 0.890. The van der Waals surface area contributed by atoms with Crippen LogP contribution in [-0.2, 0) is 0 Å². The van der Waals surface area contributed by atoms with Gasteiger partial charge in [-0.3, -0.25) is 0 Å². The molecule has 1 rings (SSSR count). The second-order valence-electron chi connectivity index (χ2n) is 2.54. The molecular weight excluding hydrogens is 138 g/mol. The summed E-state index contributed by atoms with van der Waals surface area (Å²) in [7, 11) is 0. The first kappa shape index (κ1) is 8.14. The predicted octanol–water partition coefficient (Wildman–Crippen LogP) is 1.19. The van der Waals surface area contributed by atoms with Gasteiger partial charge in [0.15, 0.2) is 0 Å². The number of hydrogen-bond donors (Lipinski definition) is 1. The minimum atomic E-state index is 0.0525. The van der Waals surface area contributed by atoms with E-state index in [0.717, 1.165) is 17.9 Å². The van der Waals surface area contributed by atoms with Crippen molar-refractivity contribution < 1.29 is 0 Å². The molecule has 11 heavy (non-hydrogen) atoms. The molecule has 3 heteroatoms. The first-order valence-electron chi connectivity index (χ1n) is 3.79. The van der Waals surface area contributed by atoms with E-state index in [1.54, 1.807) is 6.20 Å². The maximum absolute atomic E-state index is 5.77. The Morgan fingerprint density at radius 3 is 2.91 bits per heavy atom. The molecule has 1 unspecified atom stereocenters. The van der Waals surface area contributed by atoms with Crippen LogP contribution >= 0.6 is 0 Å². The minimum absolute atomic E-state index is 0.0525. The SMILES string of the molecule is CCC(N)c1ccnc(C)n1. The molecule has 1 aromatic rings. The van der Waals surface area contributed by atoms with Gasteiger partial charge in [0.2, 0.25) is 0 Å². The molecule has 0 fully saturated rings. The van der Waals surface area contributed by atoms with Gasteiger partial charge in [0.25, 0.3) is 0 Å². The molecule has 0 aromatic carbocycles. The van der Waals surface area contributed by atoms with Crippen molar-refractivity contribution in [1.82, 2.24) is 9.97 Å². The lowest BCUT2D eigenvalue weighted by Crippen LogP contribution is -2.11. The summed E-state index contributed by atoms with van der Waals surface area (Å²) >= 11 is 0. The van der Waals surface area contributed by atoms with Gasteiger partial charge in [-0.1, -0.05) is 6.92 Å². The Bertz CT molecular complexity index is 235. The molecule has 2 N–H and O–H groups in total. The third-order valence-corrected chi connectivity index (χ3v) is 1.62. The van der Waals surface area contributed by atoms with Gasteiger partial charge >= 0.3 is 0 Å². The fraction of sp³-hybridized carbons (Fsp3) is 0.500. The van der Waals surface area contributed by atoms with Gasteiger partial charge < -0.3 is 5.73 Å². The van der Waals surface area contributed by atoms with E-state index in [-0.39, 0.29) is 6.04 Å². The molecule has 1 atom stereocenters. The van der Waals surface area contributed by atoms with Crippen LogP contribution in [0.3, 0.4) is 0 Å². The van der Waals surface area contributed by atoms with Crippen molar-refractivity contribution in [3.05, 3.63) is 23.8 Å². The first-order chi connectivity index (χ1) is 5.24. The zero-order chi connectivity index (χ0) is 8.27. The molecular formula is C8H13N3. The van der Waals surface area contributed by atoms with Gasteiger partial charge in [-0.15, -0.1) is 0 Å². The van der Waals surface area contributed by atoms with Crippen molar-refractivity contribution in [2.75, 3.05) is 0 Å². The van der Waals surface area contributed by atoms with Crippen molar-refractivity contribution in [1.29, 1.82) is 0 Å². The van der Waals surface area contributed by atoms with E-state index in [1.807, 2.05) is 19.9 Å². The molecule has 0 amide bonds. The highest BCUT2D eigenvalue weighted by molar-refractivity contribution is 5.05. The topological polar surface area (TPSA) is 51.8 Å². The average Bonchev–Trinajstić information content (AvgIpc) is 2.03. The second kappa shape index (κ2) is 3.44. The van der Waals surface area contributed by atoms with E-state index >= 15 is 0 Å². The summed E-state index contributed by atoms with van der Waals surface area (Å²) in [5.41, 5.74) is 6.70. The van der Waals surface area contributed by atoms with E-state index < -0.39 is 0 Å². The summed E-state index contributed by atoms with van der Waals surface area (Å²) in [6.07, 6.45) is 2.66. The van der Waals surface area contributed by atoms with Gasteiger partial charge in [-0.05, 0) is 19.4 Å². The molecule has 1 heterocycles. The van der Waals surface area contributed by atoms with Crippen molar-refractivity contribution in [2.24, 2.45) is 5.73 Å². The monoisotopic (exact) mass is 151 g/mol. The Labute approximate surface area is 66.7 Å². The molecule has 1 aromatic heterocycles. The van der Waals surface area contributed by atoms with Crippen LogP contribution in [0, 0.1) is 6.92 Å². The first-order valence-corrected chi connectivity index (χ1v) is 3.79. The summed E-state index contributed by atoms with van der Waals surface area (Å²) in [6, 6.07) is 1.91. The predicted molar refractivity (Wildman–Crippen MR) is 44.0 cm³/mol. The van der Waals surface area contributed by atoms with Crippen molar-refractivity contribution >= 4 is 0 Å². The van der Waals surface area contributed by atoms with Crippen molar-refractivity contribution in [3.8, 4) is 0 Å². The number of hydrogen-bond acceptors (Lipinski definition) is 3. The second-order valence-corrected chi connectivity index (χ2v) is 2.54. The zero-order valence-electron chi connectivity index (χ0n) is 6.91. The van der Waals surface area contributed by atoms with Crippen LogP contribution in [0.4, 0.5) is 0 Å². The van der Waals surface area contributed by atoms with Gasteiger partial charge in [0, 0.05) is 12.2 Å². The van der Waals surface area contributed by atoms with Crippen LogP contribution in [0.25, 0.3) is 0 Å². The number of nitrogens with zero attached hydrogens (tertiary/aromatic N) is 2. The Morgan fingerprint density at radius 2 is 2.36 bits per heavy atom. The van der Waals surface area contributed by atoms with Crippen molar-refractivity contribution in [3.63, 3.8) is 0 Å². The largest absolute Gasteiger partial charge is 0.323 e. The van der Waals surface area contributed by atoms with Gasteiger partial charge in [0.05, 0.1) is 5.69 Å². The Hall–Kier alpha value is -0.960. The summed E-state index contributed by atoms with van der Waals surface area (Å²) in [5.74, 6) is 0.784. The zero-order valence-corrected chi connectivity index (χ0v) is 6.91. The summed E-state index contributed by atoms with van der Waals surface area (Å²) in [5, 5.41) is 0. The van der Waals surface area contributed by atoms with E-state index in [9.17, 15) is 0 Å². The molecule has 60 valence electrons. The van der Waals surface area contributed by atoms with Crippen LogP contribution in [0.15, 0.2) is 12.3 Å². The van der Waals surface area contributed by atoms with E-state index in [4.69, 9.17) is 5.73 Å². The number of aromatic nitrogens is 2. The molecule has 0 saturated carbocycles. The van der Waals surface area contributed by atoms with Crippen LogP contribution < -0.4 is 5.73 Å². The highest BCUT2D eigenvalue weighted by atomic mass is 14.9. The number of rotatable bonds is 2. The Balaban J connectivity index is 2.86. The molecule has 0 spiro atoms. The third kappa shape index (κ3) is 1.98. The highest BCUT2D eigenvalue weighted by Crippen LogP contribution is 2.08. The maximum Gasteiger partial charge on any atom is 0.125 e. The molecule has 0 aliphatic carbocycles. The van der Waals surface area contributed by atoms with Gasteiger partial charge in [-0.25, -0.2) is 9.97 Å². The van der Waals surface area contributed by atoms with Gasteiger partial charge in [-0.2, -0.15) is 0 Å². The lowest BCUT2D eigenvalue weighted by atomic mass is 10.2. The van der Waals surface area contributed by atoms with Crippen LogP contribution in [0.1, 0.15) is 30.9 Å². The van der Waals surface area contributed by atoms with Crippen LogP contribution in [-0.4, -0.2) is 9.97 Å². The fourth-order valence-electron chi connectivity index (χ4n) is 0.890. The van der Waals surface area contributed by atoms with Crippen LogP contribution in [0.5, 0.6) is 0 Å². The Kier molecular flexibility index (Phi) is 2.54. The summed E-state index contributed by atoms with van der Waals surface area (Å²) in [4.78, 5) is 8.20. The van der Waals surface area contributed by atoms with Crippen molar-refractivity contribution in [2.45, 2.75) is 26.3 Å². The normalized spacial score (nSPS) is 13.0. The Morgan fingerprint density at radius 1 is 1.64 bits per heavy atom. The van der Waals surface area contributed by atoms with E-state index in [0.29, 0.717) is 0 Å². The van der Waals surface area contributed by atoms with E-state index in [2.05, 4.69) is 9.97 Å².